The minimum atomic E-state index is 0.549. The summed E-state index contributed by atoms with van der Waals surface area (Å²) in [6, 6.07) is 20.3. The molecule has 2 aliphatic rings. The number of fused-ring (bicyclic) bond motifs is 1. The average Bonchev–Trinajstić information content (AvgIpc) is 3.06. The van der Waals surface area contributed by atoms with E-state index in [0.717, 1.165) is 29.3 Å². The van der Waals surface area contributed by atoms with E-state index < -0.39 is 0 Å². The van der Waals surface area contributed by atoms with E-state index in [1.807, 2.05) is 60.9 Å². The van der Waals surface area contributed by atoms with E-state index in [2.05, 4.69) is 26.7 Å². The van der Waals surface area contributed by atoms with Crippen LogP contribution in [0.2, 0.25) is 0 Å². The molecular weight excluding hydrogens is 296 g/mol. The lowest BCUT2D eigenvalue weighted by molar-refractivity contribution is 0.778. The van der Waals surface area contributed by atoms with E-state index in [0.29, 0.717) is 6.54 Å². The molecule has 2 N–H and O–H groups in total. The molecule has 0 bridgehead atoms. The fourth-order valence-corrected chi connectivity index (χ4v) is 2.87. The van der Waals surface area contributed by atoms with Crippen molar-refractivity contribution in [3.8, 4) is 22.8 Å². The predicted octanol–water partition coefficient (Wildman–Crippen LogP) is 3.56. The van der Waals surface area contributed by atoms with Crippen LogP contribution in [0.15, 0.2) is 73.1 Å². The number of rotatable bonds is 4. The van der Waals surface area contributed by atoms with Crippen LogP contribution in [0.3, 0.4) is 0 Å². The Morgan fingerprint density at radius 1 is 0.792 bits per heavy atom. The monoisotopic (exact) mass is 314 g/mol. The molecule has 24 heavy (non-hydrogen) atoms. The molecular formula is C20H18N4. The van der Waals surface area contributed by atoms with Crippen molar-refractivity contribution in [3.63, 3.8) is 0 Å². The Balaban J connectivity index is 1.68. The molecule has 0 spiro atoms. The minimum Gasteiger partial charge on any atom is -0.348 e. The lowest BCUT2D eigenvalue weighted by atomic mass is 10.1. The van der Waals surface area contributed by atoms with E-state index in [1.165, 1.54) is 11.1 Å². The summed E-state index contributed by atoms with van der Waals surface area (Å²) in [5.74, 6) is 0.769. The number of hydrogen-bond acceptors (Lipinski definition) is 3. The highest BCUT2D eigenvalue weighted by atomic mass is 15.0. The van der Waals surface area contributed by atoms with Crippen LogP contribution in [0.5, 0.6) is 0 Å². The molecule has 0 saturated heterocycles. The van der Waals surface area contributed by atoms with Crippen molar-refractivity contribution in [2.24, 2.45) is 5.73 Å². The number of nitrogens with two attached hydrogens (primary N) is 1. The first-order valence-corrected chi connectivity index (χ1v) is 7.99. The van der Waals surface area contributed by atoms with E-state index in [9.17, 15) is 0 Å². The second kappa shape index (κ2) is 6.26. The van der Waals surface area contributed by atoms with Gasteiger partial charge in [0.05, 0.1) is 5.69 Å². The molecule has 4 rings (SSSR count). The summed E-state index contributed by atoms with van der Waals surface area (Å²) in [5.41, 5.74) is 11.1. The summed E-state index contributed by atoms with van der Waals surface area (Å²) in [6.07, 6.45) is 4.08. The zero-order chi connectivity index (χ0) is 16.4. The summed E-state index contributed by atoms with van der Waals surface area (Å²) in [7, 11) is 0. The standard InChI is InChI=1S/C20H18N4/c21-12-16-8-4-5-9-17(16)13-24-11-10-18-19(14-24)23-20(22-18)15-6-2-1-3-7-15/h1-11,14H,12-13,21H2. The van der Waals surface area contributed by atoms with E-state index in [4.69, 9.17) is 5.73 Å². The van der Waals surface area contributed by atoms with Gasteiger partial charge in [0, 0.05) is 31.0 Å². The molecule has 0 radical (unpaired) electrons. The van der Waals surface area contributed by atoms with Crippen LogP contribution in [0, 0.1) is 0 Å². The normalized spacial score (nSPS) is 11.0. The molecule has 4 heteroatoms. The van der Waals surface area contributed by atoms with Crippen LogP contribution in [0.25, 0.3) is 22.8 Å². The fraction of sp³-hybridized carbons (Fsp3) is 0.100. The van der Waals surface area contributed by atoms with Crippen molar-refractivity contribution in [3.05, 3.63) is 84.2 Å². The molecule has 118 valence electrons. The molecule has 2 aliphatic heterocycles. The molecule has 0 amide bonds. The first-order valence-electron chi connectivity index (χ1n) is 7.99. The maximum atomic E-state index is 5.83. The van der Waals surface area contributed by atoms with Crippen LogP contribution in [-0.2, 0) is 13.1 Å². The molecule has 0 unspecified atom stereocenters. The first-order chi connectivity index (χ1) is 11.8. The predicted molar refractivity (Wildman–Crippen MR) is 95.5 cm³/mol. The largest absolute Gasteiger partial charge is 0.348 e. The zero-order valence-corrected chi connectivity index (χ0v) is 13.3. The summed E-state index contributed by atoms with van der Waals surface area (Å²) >= 11 is 0. The van der Waals surface area contributed by atoms with Crippen molar-refractivity contribution in [2.45, 2.75) is 13.1 Å². The number of nitrogens with zero attached hydrogens (tertiary/aromatic N) is 3. The van der Waals surface area contributed by atoms with Gasteiger partial charge >= 0.3 is 0 Å². The van der Waals surface area contributed by atoms with E-state index in [-0.39, 0.29) is 0 Å². The van der Waals surface area contributed by atoms with Gasteiger partial charge in [0.1, 0.15) is 5.69 Å². The summed E-state index contributed by atoms with van der Waals surface area (Å²) in [5, 5.41) is 0. The van der Waals surface area contributed by atoms with E-state index >= 15 is 0 Å². The Kier molecular flexibility index (Phi) is 3.81. The molecule has 0 saturated carbocycles. The third-order valence-corrected chi connectivity index (χ3v) is 4.15. The number of imidazole rings is 1. The highest BCUT2D eigenvalue weighted by molar-refractivity contribution is 5.65. The third kappa shape index (κ3) is 2.79. The summed E-state index contributed by atoms with van der Waals surface area (Å²) in [4.78, 5) is 9.29. The molecule has 2 aromatic rings. The quantitative estimate of drug-likeness (QED) is 0.626. The minimum absolute atomic E-state index is 0.549. The number of aromatic nitrogens is 3. The lowest BCUT2D eigenvalue weighted by Gasteiger charge is -2.11. The second-order valence-corrected chi connectivity index (χ2v) is 5.77. The third-order valence-electron chi connectivity index (χ3n) is 4.15. The average molecular weight is 314 g/mol. The van der Waals surface area contributed by atoms with Gasteiger partial charge in [0.2, 0.25) is 0 Å². The second-order valence-electron chi connectivity index (χ2n) is 5.77. The molecule has 0 atom stereocenters. The van der Waals surface area contributed by atoms with Crippen LogP contribution in [0.4, 0.5) is 0 Å². The lowest BCUT2D eigenvalue weighted by Crippen LogP contribution is -2.06. The smallest absolute Gasteiger partial charge is 0.160 e. The van der Waals surface area contributed by atoms with Gasteiger partial charge < -0.3 is 10.3 Å². The SMILES string of the molecule is NCc1ccccc1Cn1ccc2nc(-c3ccccc3)nc-2c1. The van der Waals surface area contributed by atoms with Crippen molar-refractivity contribution in [1.29, 1.82) is 0 Å². The van der Waals surface area contributed by atoms with Gasteiger partial charge in [-0.2, -0.15) is 0 Å². The van der Waals surface area contributed by atoms with Gasteiger partial charge in [0.15, 0.2) is 5.82 Å². The number of hydrogen-bond donors (Lipinski definition) is 1. The van der Waals surface area contributed by atoms with Gasteiger partial charge in [-0.05, 0) is 17.2 Å². The molecule has 0 fully saturated rings. The van der Waals surface area contributed by atoms with Crippen molar-refractivity contribution < 1.29 is 0 Å². The maximum absolute atomic E-state index is 5.83. The van der Waals surface area contributed by atoms with E-state index in [1.54, 1.807) is 0 Å². The highest BCUT2D eigenvalue weighted by Gasteiger charge is 2.12. The number of benzene rings is 2. The van der Waals surface area contributed by atoms with Gasteiger partial charge in [0.25, 0.3) is 0 Å². The van der Waals surface area contributed by atoms with Gasteiger partial charge in [-0.25, -0.2) is 9.97 Å². The van der Waals surface area contributed by atoms with Gasteiger partial charge in [-0.3, -0.25) is 0 Å². The molecule has 2 aromatic carbocycles. The Morgan fingerprint density at radius 2 is 1.50 bits per heavy atom. The summed E-state index contributed by atoms with van der Waals surface area (Å²) < 4.78 is 2.13. The summed E-state index contributed by atoms with van der Waals surface area (Å²) in [6.45, 7) is 1.32. The fourth-order valence-electron chi connectivity index (χ4n) is 2.87. The molecule has 0 aliphatic carbocycles. The Morgan fingerprint density at radius 3 is 2.29 bits per heavy atom. The van der Waals surface area contributed by atoms with Crippen molar-refractivity contribution >= 4 is 0 Å². The van der Waals surface area contributed by atoms with Crippen LogP contribution < -0.4 is 5.73 Å². The Labute approximate surface area is 141 Å². The molecule has 0 aromatic heterocycles. The van der Waals surface area contributed by atoms with Crippen LogP contribution >= 0.6 is 0 Å². The molecule has 4 nitrogen and oxygen atoms in total. The maximum Gasteiger partial charge on any atom is 0.160 e. The number of pyridine rings is 1. The first kappa shape index (κ1) is 14.6. The van der Waals surface area contributed by atoms with Crippen LogP contribution in [-0.4, -0.2) is 14.5 Å². The zero-order valence-electron chi connectivity index (χ0n) is 13.3. The van der Waals surface area contributed by atoms with Crippen LogP contribution in [0.1, 0.15) is 11.1 Å². The van der Waals surface area contributed by atoms with Gasteiger partial charge in [-0.15, -0.1) is 0 Å². The van der Waals surface area contributed by atoms with Gasteiger partial charge in [-0.1, -0.05) is 54.6 Å². The molecule has 2 heterocycles. The van der Waals surface area contributed by atoms with Crippen molar-refractivity contribution in [1.82, 2.24) is 14.5 Å². The highest BCUT2D eigenvalue weighted by Crippen LogP contribution is 2.24. The van der Waals surface area contributed by atoms with Crippen molar-refractivity contribution in [2.75, 3.05) is 0 Å². The topological polar surface area (TPSA) is 56.7 Å². The Bertz CT molecular complexity index is 927. The Hall–Kier alpha value is -2.98.